The highest BCUT2D eigenvalue weighted by Gasteiger charge is 2.21. The van der Waals surface area contributed by atoms with E-state index in [2.05, 4.69) is 9.72 Å². The third-order valence-electron chi connectivity index (χ3n) is 1.83. The van der Waals surface area contributed by atoms with E-state index >= 15 is 0 Å². The van der Waals surface area contributed by atoms with Crippen LogP contribution in [0.25, 0.3) is 0 Å². The Balaban J connectivity index is 3.30. The molecule has 1 aromatic rings. The van der Waals surface area contributed by atoms with Crippen molar-refractivity contribution >= 4 is 17.6 Å². The van der Waals surface area contributed by atoms with Crippen LogP contribution >= 0.6 is 11.6 Å². The number of carbonyl (C=O) groups is 1. The van der Waals surface area contributed by atoms with Crippen molar-refractivity contribution in [2.45, 2.75) is 13.3 Å². The van der Waals surface area contributed by atoms with Crippen molar-refractivity contribution in [1.82, 2.24) is 4.98 Å². The number of rotatable bonds is 3. The summed E-state index contributed by atoms with van der Waals surface area (Å²) in [4.78, 5) is 14.8. The average molecular weight is 261 g/mol. The van der Waals surface area contributed by atoms with Crippen LogP contribution in [-0.2, 0) is 4.74 Å². The molecule has 0 atom stereocenters. The smallest absolute Gasteiger partial charge is 0.358 e. The summed E-state index contributed by atoms with van der Waals surface area (Å²) in [6.07, 6.45) is -2.86. The summed E-state index contributed by atoms with van der Waals surface area (Å²) >= 11 is 5.49. The Morgan fingerprint density at radius 1 is 1.71 bits per heavy atom. The summed E-state index contributed by atoms with van der Waals surface area (Å²) in [6, 6.07) is 2.44. The monoisotopic (exact) mass is 260 g/mol. The molecule has 0 amide bonds. The molecule has 0 radical (unpaired) electrons. The topological polar surface area (TPSA) is 63.0 Å². The molecule has 0 fully saturated rings. The Labute approximate surface area is 101 Å². The van der Waals surface area contributed by atoms with Crippen LogP contribution in [0.3, 0.4) is 0 Å². The Morgan fingerprint density at radius 3 is 2.82 bits per heavy atom. The fourth-order valence-corrected chi connectivity index (χ4v) is 1.32. The van der Waals surface area contributed by atoms with Crippen molar-refractivity contribution in [1.29, 1.82) is 5.26 Å². The van der Waals surface area contributed by atoms with Gasteiger partial charge in [-0.1, -0.05) is 11.6 Å². The lowest BCUT2D eigenvalue weighted by Crippen LogP contribution is -2.11. The average Bonchev–Trinajstić information content (AvgIpc) is 2.28. The first-order valence-electron chi connectivity index (χ1n) is 4.57. The lowest BCUT2D eigenvalue weighted by Gasteiger charge is -2.07. The van der Waals surface area contributed by atoms with Crippen LogP contribution in [0, 0.1) is 11.3 Å². The van der Waals surface area contributed by atoms with Gasteiger partial charge in [0.2, 0.25) is 0 Å². The predicted molar refractivity (Wildman–Crippen MR) is 54.9 cm³/mol. The summed E-state index contributed by atoms with van der Waals surface area (Å²) < 4.78 is 29.6. The highest BCUT2D eigenvalue weighted by molar-refractivity contribution is 6.30. The fraction of sp³-hybridized carbons (Fsp3) is 0.300. The van der Waals surface area contributed by atoms with Gasteiger partial charge < -0.3 is 4.74 Å². The van der Waals surface area contributed by atoms with E-state index in [9.17, 15) is 13.6 Å². The number of carbonyl (C=O) groups excluding carboxylic acids is 1. The lowest BCUT2D eigenvalue weighted by molar-refractivity contribution is 0.0518. The SMILES string of the molecule is CCOC(=O)c1nc(Cl)c(C(F)F)cc1C#N. The number of nitrogens with zero attached hydrogens (tertiary/aromatic N) is 2. The number of nitriles is 1. The van der Waals surface area contributed by atoms with Crippen molar-refractivity contribution in [2.24, 2.45) is 0 Å². The van der Waals surface area contributed by atoms with E-state index in [1.54, 1.807) is 13.0 Å². The molecule has 0 saturated carbocycles. The van der Waals surface area contributed by atoms with Gasteiger partial charge in [-0.15, -0.1) is 0 Å². The van der Waals surface area contributed by atoms with E-state index in [0.717, 1.165) is 6.07 Å². The van der Waals surface area contributed by atoms with Crippen LogP contribution in [0.5, 0.6) is 0 Å². The molecule has 7 heteroatoms. The summed E-state index contributed by atoms with van der Waals surface area (Å²) in [7, 11) is 0. The van der Waals surface area contributed by atoms with Crippen molar-refractivity contribution in [3.8, 4) is 6.07 Å². The molecule has 0 saturated heterocycles. The largest absolute Gasteiger partial charge is 0.461 e. The fourth-order valence-electron chi connectivity index (χ4n) is 1.10. The van der Waals surface area contributed by atoms with Crippen LogP contribution in [0.4, 0.5) is 8.78 Å². The highest BCUT2D eigenvalue weighted by Crippen LogP contribution is 2.27. The zero-order chi connectivity index (χ0) is 13.0. The zero-order valence-electron chi connectivity index (χ0n) is 8.71. The van der Waals surface area contributed by atoms with Gasteiger partial charge in [0.05, 0.1) is 17.7 Å². The minimum Gasteiger partial charge on any atom is -0.461 e. The maximum atomic E-state index is 12.5. The number of alkyl halides is 2. The molecule has 1 aromatic heterocycles. The first kappa shape index (κ1) is 13.3. The standard InChI is InChI=1S/C10H7ClF2N2O2/c1-2-17-10(16)7-5(4-14)3-6(9(12)13)8(11)15-7/h3,9H,2H2,1H3. The Morgan fingerprint density at radius 2 is 2.35 bits per heavy atom. The number of halogens is 3. The second-order valence-electron chi connectivity index (χ2n) is 2.90. The first-order valence-corrected chi connectivity index (χ1v) is 4.94. The van der Waals surface area contributed by atoms with E-state index in [1.165, 1.54) is 0 Å². The van der Waals surface area contributed by atoms with Gasteiger partial charge in [0.15, 0.2) is 5.69 Å². The van der Waals surface area contributed by atoms with Crippen LogP contribution in [-0.4, -0.2) is 17.6 Å². The molecule has 0 aromatic carbocycles. The van der Waals surface area contributed by atoms with Crippen molar-refractivity contribution in [2.75, 3.05) is 6.61 Å². The molecule has 17 heavy (non-hydrogen) atoms. The van der Waals surface area contributed by atoms with Crippen molar-refractivity contribution < 1.29 is 18.3 Å². The van der Waals surface area contributed by atoms with Crippen LogP contribution in [0.2, 0.25) is 5.15 Å². The second kappa shape index (κ2) is 5.55. The minimum atomic E-state index is -2.86. The van der Waals surface area contributed by atoms with Gasteiger partial charge in [-0.05, 0) is 13.0 Å². The van der Waals surface area contributed by atoms with Crippen LogP contribution in [0.15, 0.2) is 6.07 Å². The zero-order valence-corrected chi connectivity index (χ0v) is 9.46. The third kappa shape index (κ3) is 2.88. The minimum absolute atomic E-state index is 0.0829. The van der Waals surface area contributed by atoms with E-state index in [0.29, 0.717) is 0 Å². The molecular formula is C10H7ClF2N2O2. The highest BCUT2D eigenvalue weighted by atomic mass is 35.5. The molecule has 1 rings (SSSR count). The maximum Gasteiger partial charge on any atom is 0.358 e. The summed E-state index contributed by atoms with van der Waals surface area (Å²) in [5.74, 6) is -0.869. The first-order chi connectivity index (χ1) is 8.01. The van der Waals surface area contributed by atoms with Gasteiger partial charge in [0.25, 0.3) is 6.43 Å². The van der Waals surface area contributed by atoms with Gasteiger partial charge in [-0.2, -0.15) is 5.26 Å². The molecule has 4 nitrogen and oxygen atoms in total. The predicted octanol–water partition coefficient (Wildman–Crippen LogP) is 2.72. The molecule has 0 aliphatic carbocycles. The number of aromatic nitrogens is 1. The van der Waals surface area contributed by atoms with Gasteiger partial charge in [0.1, 0.15) is 11.2 Å². The Kier molecular flexibility index (Phi) is 4.35. The second-order valence-corrected chi connectivity index (χ2v) is 3.26. The molecule has 0 aliphatic heterocycles. The van der Waals surface area contributed by atoms with Gasteiger partial charge >= 0.3 is 5.97 Å². The Hall–Kier alpha value is -1.74. The molecule has 0 spiro atoms. The van der Waals surface area contributed by atoms with E-state index < -0.39 is 23.1 Å². The summed E-state index contributed by atoms with van der Waals surface area (Å²) in [5, 5.41) is 8.23. The summed E-state index contributed by atoms with van der Waals surface area (Å²) in [5.41, 5.74) is -1.23. The van der Waals surface area contributed by atoms with Crippen LogP contribution < -0.4 is 0 Å². The molecule has 90 valence electrons. The molecule has 0 bridgehead atoms. The number of ether oxygens (including phenoxy) is 1. The molecule has 0 unspecified atom stereocenters. The van der Waals surface area contributed by atoms with Gasteiger partial charge in [-0.3, -0.25) is 0 Å². The number of pyridine rings is 1. The molecule has 1 heterocycles. The van der Waals surface area contributed by atoms with Crippen molar-refractivity contribution in [3.63, 3.8) is 0 Å². The summed E-state index contributed by atoms with van der Waals surface area (Å²) in [6.45, 7) is 1.65. The molecular weight excluding hydrogens is 254 g/mol. The normalized spacial score (nSPS) is 10.1. The van der Waals surface area contributed by atoms with E-state index in [4.69, 9.17) is 16.9 Å². The third-order valence-corrected chi connectivity index (χ3v) is 2.13. The van der Waals surface area contributed by atoms with Crippen LogP contribution in [0.1, 0.15) is 35.0 Å². The van der Waals surface area contributed by atoms with Crippen molar-refractivity contribution in [3.05, 3.63) is 28.0 Å². The van der Waals surface area contributed by atoms with Gasteiger partial charge in [-0.25, -0.2) is 18.6 Å². The number of esters is 1. The molecule has 0 N–H and O–H groups in total. The maximum absolute atomic E-state index is 12.5. The lowest BCUT2D eigenvalue weighted by atomic mass is 10.1. The quantitative estimate of drug-likeness (QED) is 0.619. The number of hydrogen-bond donors (Lipinski definition) is 0. The van der Waals surface area contributed by atoms with E-state index in [1.807, 2.05) is 0 Å². The Bertz CT molecular complexity index is 486. The number of hydrogen-bond acceptors (Lipinski definition) is 4. The van der Waals surface area contributed by atoms with E-state index in [-0.39, 0.29) is 17.9 Å². The van der Waals surface area contributed by atoms with Gasteiger partial charge in [0, 0.05) is 0 Å². The molecule has 0 aliphatic rings.